The van der Waals surface area contributed by atoms with Gasteiger partial charge >= 0.3 is 0 Å². The molecule has 0 saturated carbocycles. The first-order valence-electron chi connectivity index (χ1n) is 10.4. The van der Waals surface area contributed by atoms with E-state index in [0.29, 0.717) is 0 Å². The maximum atomic E-state index is 2.33. The summed E-state index contributed by atoms with van der Waals surface area (Å²) in [5.74, 6) is 0. The van der Waals surface area contributed by atoms with Crippen molar-refractivity contribution in [2.24, 2.45) is 0 Å². The molecule has 0 aromatic heterocycles. The van der Waals surface area contributed by atoms with Crippen molar-refractivity contribution in [3.05, 3.63) is 109 Å². The van der Waals surface area contributed by atoms with Gasteiger partial charge in [-0.05, 0) is 45.3 Å². The molecule has 0 heterocycles. The Bertz CT molecular complexity index is 1370. The van der Waals surface area contributed by atoms with Gasteiger partial charge in [-0.15, -0.1) is 0 Å². The van der Waals surface area contributed by atoms with Gasteiger partial charge in [0, 0.05) is 29.4 Å². The smallest absolute Gasteiger partial charge is 0.0488 e. The summed E-state index contributed by atoms with van der Waals surface area (Å²) >= 11 is 0. The lowest BCUT2D eigenvalue weighted by Gasteiger charge is -2.25. The summed E-state index contributed by atoms with van der Waals surface area (Å²) in [6.07, 6.45) is 0. The molecular formula is C29H21N. The fraction of sp³-hybridized carbons (Fsp3) is 0.0345. The molecule has 1 heteroatoms. The molecule has 0 fully saturated rings. The van der Waals surface area contributed by atoms with Crippen molar-refractivity contribution in [2.75, 3.05) is 11.9 Å². The number of nitrogens with zero attached hydrogens (tertiary/aromatic N) is 1. The number of hydrogen-bond donors (Lipinski definition) is 0. The van der Waals surface area contributed by atoms with Gasteiger partial charge in [-0.2, -0.15) is 0 Å². The SMILES string of the molecule is CN(c1ccccc1-c1ccccc1)c1ccc2c3c(cccc13)-c1ccccc1-2. The minimum Gasteiger partial charge on any atom is -0.344 e. The summed E-state index contributed by atoms with van der Waals surface area (Å²) in [5, 5.41) is 2.66. The Morgan fingerprint density at radius 2 is 1.03 bits per heavy atom. The van der Waals surface area contributed by atoms with Crippen LogP contribution in [0.3, 0.4) is 0 Å². The molecule has 5 aromatic carbocycles. The quantitative estimate of drug-likeness (QED) is 0.300. The summed E-state index contributed by atoms with van der Waals surface area (Å²) in [7, 11) is 2.17. The van der Waals surface area contributed by atoms with Crippen LogP contribution in [0.25, 0.3) is 44.2 Å². The maximum absolute atomic E-state index is 2.33. The van der Waals surface area contributed by atoms with E-state index < -0.39 is 0 Å². The second kappa shape index (κ2) is 6.60. The van der Waals surface area contributed by atoms with Gasteiger partial charge in [0.15, 0.2) is 0 Å². The van der Waals surface area contributed by atoms with Crippen molar-refractivity contribution < 1.29 is 0 Å². The van der Waals surface area contributed by atoms with E-state index in [0.717, 1.165) is 0 Å². The standard InChI is InChI=1S/C29H21N/c1-30(27-17-8-7-12-21(27)20-10-3-2-4-11-20)28-19-18-25-23-14-6-5-13-22(23)24-15-9-16-26(28)29(24)25/h2-19H,1H3. The third-order valence-corrected chi connectivity index (χ3v) is 6.24. The minimum absolute atomic E-state index is 1.21. The number of rotatable bonds is 3. The Labute approximate surface area is 176 Å². The average Bonchev–Trinajstić information content (AvgIpc) is 3.15. The number of hydrogen-bond acceptors (Lipinski definition) is 1. The van der Waals surface area contributed by atoms with Gasteiger partial charge in [0.1, 0.15) is 0 Å². The molecule has 0 aliphatic heterocycles. The highest BCUT2D eigenvalue weighted by molar-refractivity contribution is 6.18. The van der Waals surface area contributed by atoms with E-state index in [4.69, 9.17) is 0 Å². The van der Waals surface area contributed by atoms with E-state index in [1.807, 2.05) is 0 Å². The molecule has 6 rings (SSSR count). The third-order valence-electron chi connectivity index (χ3n) is 6.24. The number of benzene rings is 5. The van der Waals surface area contributed by atoms with Crippen molar-refractivity contribution in [3.63, 3.8) is 0 Å². The van der Waals surface area contributed by atoms with Gasteiger partial charge in [-0.25, -0.2) is 0 Å². The van der Waals surface area contributed by atoms with Crippen LogP contribution in [0.5, 0.6) is 0 Å². The topological polar surface area (TPSA) is 3.24 Å². The molecule has 0 bridgehead atoms. The van der Waals surface area contributed by atoms with E-state index in [2.05, 4.69) is 121 Å². The van der Waals surface area contributed by atoms with Gasteiger partial charge in [0.05, 0.1) is 0 Å². The van der Waals surface area contributed by atoms with Crippen molar-refractivity contribution in [1.82, 2.24) is 0 Å². The van der Waals surface area contributed by atoms with E-state index in [1.165, 1.54) is 55.5 Å². The highest BCUT2D eigenvalue weighted by Crippen LogP contribution is 2.50. The van der Waals surface area contributed by atoms with E-state index in [1.54, 1.807) is 0 Å². The van der Waals surface area contributed by atoms with Crippen LogP contribution in [0, 0.1) is 0 Å². The fourth-order valence-electron chi connectivity index (χ4n) is 4.84. The average molecular weight is 383 g/mol. The highest BCUT2D eigenvalue weighted by Gasteiger charge is 2.23. The van der Waals surface area contributed by atoms with E-state index >= 15 is 0 Å². The number of fused-ring (bicyclic) bond motifs is 3. The van der Waals surface area contributed by atoms with Gasteiger partial charge in [0.2, 0.25) is 0 Å². The van der Waals surface area contributed by atoms with Crippen LogP contribution in [0.1, 0.15) is 0 Å². The van der Waals surface area contributed by atoms with Gasteiger partial charge < -0.3 is 4.90 Å². The molecule has 0 spiro atoms. The first-order valence-corrected chi connectivity index (χ1v) is 10.4. The van der Waals surface area contributed by atoms with Crippen molar-refractivity contribution in [2.45, 2.75) is 0 Å². The molecule has 0 amide bonds. The molecule has 0 unspecified atom stereocenters. The Kier molecular flexibility index (Phi) is 3.75. The number of para-hydroxylation sites is 1. The largest absolute Gasteiger partial charge is 0.344 e. The molecule has 1 aliphatic rings. The maximum Gasteiger partial charge on any atom is 0.0488 e. The second-order valence-corrected chi connectivity index (χ2v) is 7.85. The lowest BCUT2D eigenvalue weighted by Crippen LogP contribution is -2.11. The van der Waals surface area contributed by atoms with Gasteiger partial charge in [-0.3, -0.25) is 0 Å². The molecule has 1 nitrogen and oxygen atoms in total. The lowest BCUT2D eigenvalue weighted by molar-refractivity contribution is 1.22. The highest BCUT2D eigenvalue weighted by atomic mass is 15.1. The summed E-state index contributed by atoms with van der Waals surface area (Å²) in [4.78, 5) is 2.33. The Hall–Kier alpha value is -3.84. The van der Waals surface area contributed by atoms with Crippen molar-refractivity contribution in [3.8, 4) is 33.4 Å². The molecule has 142 valence electrons. The van der Waals surface area contributed by atoms with Gasteiger partial charge in [0.25, 0.3) is 0 Å². The zero-order valence-electron chi connectivity index (χ0n) is 16.8. The van der Waals surface area contributed by atoms with E-state index in [9.17, 15) is 0 Å². The molecule has 0 radical (unpaired) electrons. The van der Waals surface area contributed by atoms with Crippen molar-refractivity contribution >= 4 is 22.1 Å². The van der Waals surface area contributed by atoms with Gasteiger partial charge in [-0.1, -0.05) is 97.1 Å². The van der Waals surface area contributed by atoms with Crippen LogP contribution in [-0.2, 0) is 0 Å². The second-order valence-electron chi connectivity index (χ2n) is 7.85. The molecule has 30 heavy (non-hydrogen) atoms. The van der Waals surface area contributed by atoms with Crippen LogP contribution in [0.2, 0.25) is 0 Å². The number of anilines is 2. The van der Waals surface area contributed by atoms with Crippen molar-refractivity contribution in [1.29, 1.82) is 0 Å². The summed E-state index contributed by atoms with van der Waals surface area (Å²) in [6.45, 7) is 0. The molecule has 0 atom stereocenters. The molecule has 5 aromatic rings. The summed E-state index contributed by atoms with van der Waals surface area (Å²) < 4.78 is 0. The Morgan fingerprint density at radius 1 is 0.433 bits per heavy atom. The normalized spacial score (nSPS) is 11.5. The molecule has 0 saturated heterocycles. The molecular weight excluding hydrogens is 362 g/mol. The fourth-order valence-corrected chi connectivity index (χ4v) is 4.84. The molecule has 1 aliphatic carbocycles. The predicted octanol–water partition coefficient (Wildman–Crippen LogP) is 7.92. The first kappa shape index (κ1) is 17.1. The third kappa shape index (κ3) is 2.42. The van der Waals surface area contributed by atoms with E-state index in [-0.39, 0.29) is 0 Å². The predicted molar refractivity (Wildman–Crippen MR) is 128 cm³/mol. The van der Waals surface area contributed by atoms with Crippen LogP contribution >= 0.6 is 0 Å². The monoisotopic (exact) mass is 383 g/mol. The minimum atomic E-state index is 1.21. The Balaban J connectivity index is 1.56. The zero-order chi connectivity index (χ0) is 20.1. The lowest BCUT2D eigenvalue weighted by atomic mass is 9.99. The Morgan fingerprint density at radius 3 is 1.80 bits per heavy atom. The van der Waals surface area contributed by atoms with Crippen LogP contribution < -0.4 is 4.90 Å². The van der Waals surface area contributed by atoms with Crippen LogP contribution in [-0.4, -0.2) is 7.05 Å². The molecule has 0 N–H and O–H groups in total. The van der Waals surface area contributed by atoms with Crippen LogP contribution in [0.4, 0.5) is 11.4 Å². The first-order chi connectivity index (χ1) is 14.8. The summed E-state index contributed by atoms with van der Waals surface area (Å²) in [5.41, 5.74) is 10.3. The zero-order valence-corrected chi connectivity index (χ0v) is 16.8. The van der Waals surface area contributed by atoms with Crippen LogP contribution in [0.15, 0.2) is 109 Å². The summed E-state index contributed by atoms with van der Waals surface area (Å²) in [6, 6.07) is 39.2.